The molecule has 0 aliphatic carbocycles. The smallest absolute Gasteiger partial charge is 0.264 e. The Balaban J connectivity index is 1.82. The van der Waals surface area contributed by atoms with Gasteiger partial charge >= 0.3 is 0 Å². The second kappa shape index (κ2) is 8.16. The number of ether oxygens (including phenoxy) is 1. The Hall–Kier alpha value is -1.96. The maximum atomic E-state index is 12.2. The molecule has 2 aromatic carbocycles. The summed E-state index contributed by atoms with van der Waals surface area (Å²) in [6, 6.07) is 10.4. The number of aromatic hydroxyl groups is 1. The molecule has 8 heteroatoms. The molecule has 0 spiro atoms. The van der Waals surface area contributed by atoms with E-state index in [-0.39, 0.29) is 11.7 Å². The van der Waals surface area contributed by atoms with Gasteiger partial charge in [-0.25, -0.2) is 4.99 Å². The van der Waals surface area contributed by atoms with Crippen LogP contribution in [0.25, 0.3) is 6.08 Å². The predicted octanol–water partition coefficient (Wildman–Crippen LogP) is 5.10. The van der Waals surface area contributed by atoms with Gasteiger partial charge in [-0.1, -0.05) is 11.6 Å². The van der Waals surface area contributed by atoms with Gasteiger partial charge in [0, 0.05) is 10.6 Å². The summed E-state index contributed by atoms with van der Waals surface area (Å²) < 4.78 is 5.85. The lowest BCUT2D eigenvalue weighted by molar-refractivity contribution is -0.115. The summed E-state index contributed by atoms with van der Waals surface area (Å²) in [6.45, 7) is 2.52. The van der Waals surface area contributed by atoms with Crippen molar-refractivity contribution >= 4 is 62.1 Å². The van der Waals surface area contributed by atoms with Crippen LogP contribution in [0.15, 0.2) is 50.8 Å². The number of carbonyl (C=O) groups excluding carboxylic acids is 1. The quantitative estimate of drug-likeness (QED) is 0.632. The molecule has 134 valence electrons. The Morgan fingerprint density at radius 2 is 2.08 bits per heavy atom. The van der Waals surface area contributed by atoms with E-state index in [2.05, 4.69) is 26.2 Å². The summed E-state index contributed by atoms with van der Waals surface area (Å²) >= 11 is 10.4. The highest BCUT2D eigenvalue weighted by Crippen LogP contribution is 2.35. The molecule has 2 N–H and O–H groups in total. The third-order valence-electron chi connectivity index (χ3n) is 3.37. The standard InChI is InChI=1S/C18H14BrClN2O3S/c1-2-25-13-5-3-12(4-6-13)21-18-22-17(24)15(26-18)8-10-7-11(20)9-14(19)16(10)23/h3-9,23H,2H2,1H3,(H,21,22,24)/b15-8+. The summed E-state index contributed by atoms with van der Waals surface area (Å²) in [7, 11) is 0. The highest BCUT2D eigenvalue weighted by Gasteiger charge is 2.24. The van der Waals surface area contributed by atoms with Crippen molar-refractivity contribution in [1.29, 1.82) is 0 Å². The first-order chi connectivity index (χ1) is 12.5. The SMILES string of the molecule is CCOc1ccc(N=C2NC(=O)/C(=C\c3cc(Cl)cc(Br)c3O)S2)cc1. The molecule has 5 nitrogen and oxygen atoms in total. The van der Waals surface area contributed by atoms with Gasteiger partial charge in [0.15, 0.2) is 5.17 Å². The number of hydrogen-bond donors (Lipinski definition) is 2. The Morgan fingerprint density at radius 3 is 2.77 bits per heavy atom. The second-order valence-corrected chi connectivity index (χ2v) is 7.56. The first kappa shape index (κ1) is 18.8. The van der Waals surface area contributed by atoms with E-state index >= 15 is 0 Å². The molecule has 3 rings (SSSR count). The number of carbonyl (C=O) groups is 1. The Bertz CT molecular complexity index is 913. The van der Waals surface area contributed by atoms with Crippen LogP contribution >= 0.6 is 39.3 Å². The fraction of sp³-hybridized carbons (Fsp3) is 0.111. The van der Waals surface area contributed by atoms with Crippen molar-refractivity contribution in [2.45, 2.75) is 6.92 Å². The third-order valence-corrected chi connectivity index (χ3v) is 5.11. The van der Waals surface area contributed by atoms with Crippen LogP contribution in [0.1, 0.15) is 12.5 Å². The van der Waals surface area contributed by atoms with Crippen LogP contribution in [0.4, 0.5) is 5.69 Å². The third kappa shape index (κ3) is 4.41. The zero-order chi connectivity index (χ0) is 18.7. The van der Waals surface area contributed by atoms with Crippen molar-refractivity contribution in [2.24, 2.45) is 4.99 Å². The molecule has 0 atom stereocenters. The number of rotatable bonds is 4. The zero-order valence-corrected chi connectivity index (χ0v) is 16.8. The van der Waals surface area contributed by atoms with Crippen LogP contribution < -0.4 is 10.1 Å². The average Bonchev–Trinajstić information content (AvgIpc) is 2.93. The van der Waals surface area contributed by atoms with Crippen LogP contribution in [0, 0.1) is 0 Å². The van der Waals surface area contributed by atoms with Gasteiger partial charge in [-0.3, -0.25) is 4.79 Å². The summed E-state index contributed by atoms with van der Waals surface area (Å²) in [6.07, 6.45) is 1.58. The van der Waals surface area contributed by atoms with E-state index in [1.165, 1.54) is 11.8 Å². The first-order valence-electron chi connectivity index (χ1n) is 7.66. The van der Waals surface area contributed by atoms with E-state index in [0.29, 0.717) is 37.4 Å². The molecular weight excluding hydrogens is 440 g/mol. The number of amidine groups is 1. The van der Waals surface area contributed by atoms with Gasteiger partial charge in [0.2, 0.25) is 0 Å². The number of nitrogens with zero attached hydrogens (tertiary/aromatic N) is 1. The molecule has 0 radical (unpaired) electrons. The second-order valence-electron chi connectivity index (χ2n) is 5.23. The van der Waals surface area contributed by atoms with Crippen molar-refractivity contribution in [3.8, 4) is 11.5 Å². The van der Waals surface area contributed by atoms with Crippen LogP contribution in [0.2, 0.25) is 5.02 Å². The van der Waals surface area contributed by atoms with Crippen molar-refractivity contribution in [2.75, 3.05) is 6.61 Å². The van der Waals surface area contributed by atoms with Crippen molar-refractivity contribution in [3.05, 3.63) is 56.4 Å². The molecule has 1 fully saturated rings. The number of phenols is 1. The molecule has 1 heterocycles. The minimum Gasteiger partial charge on any atom is -0.506 e. The molecule has 0 saturated carbocycles. The molecule has 0 aromatic heterocycles. The lowest BCUT2D eigenvalue weighted by Crippen LogP contribution is -2.19. The minimum atomic E-state index is -0.282. The molecule has 0 bridgehead atoms. The van der Waals surface area contributed by atoms with Gasteiger partial charge in [-0.15, -0.1) is 0 Å². The van der Waals surface area contributed by atoms with E-state index in [0.717, 1.165) is 5.75 Å². The van der Waals surface area contributed by atoms with Gasteiger partial charge < -0.3 is 15.2 Å². The molecule has 0 unspecified atom stereocenters. The summed E-state index contributed by atoms with van der Waals surface area (Å²) in [4.78, 5) is 17.0. The van der Waals surface area contributed by atoms with Crippen molar-refractivity contribution < 1.29 is 14.6 Å². The van der Waals surface area contributed by atoms with Crippen LogP contribution in [-0.4, -0.2) is 22.8 Å². The molecular formula is C18H14BrClN2O3S. The fourth-order valence-electron chi connectivity index (χ4n) is 2.22. The Labute approximate surface area is 168 Å². The van der Waals surface area contributed by atoms with Gasteiger partial charge in [-0.05, 0) is 77.1 Å². The van der Waals surface area contributed by atoms with E-state index < -0.39 is 0 Å². The maximum absolute atomic E-state index is 12.2. The van der Waals surface area contributed by atoms with Gasteiger partial charge in [-0.2, -0.15) is 0 Å². The van der Waals surface area contributed by atoms with E-state index in [1.807, 2.05) is 31.2 Å². The minimum absolute atomic E-state index is 0.0206. The number of amides is 1. The monoisotopic (exact) mass is 452 g/mol. The zero-order valence-electron chi connectivity index (χ0n) is 13.6. The number of halogens is 2. The molecule has 26 heavy (non-hydrogen) atoms. The number of benzene rings is 2. The number of phenolic OH excluding ortho intramolecular Hbond substituents is 1. The molecule has 1 aliphatic heterocycles. The molecule has 1 saturated heterocycles. The summed E-state index contributed by atoms with van der Waals surface area (Å²) in [5, 5.41) is 13.7. The fourth-order valence-corrected chi connectivity index (χ4v) is 3.89. The summed E-state index contributed by atoms with van der Waals surface area (Å²) in [5.74, 6) is 0.504. The number of aliphatic imine (C=N–C) groups is 1. The maximum Gasteiger partial charge on any atom is 0.264 e. The van der Waals surface area contributed by atoms with Gasteiger partial charge in [0.1, 0.15) is 11.5 Å². The van der Waals surface area contributed by atoms with Crippen LogP contribution in [0.3, 0.4) is 0 Å². The Morgan fingerprint density at radius 1 is 1.35 bits per heavy atom. The largest absolute Gasteiger partial charge is 0.506 e. The number of thioether (sulfide) groups is 1. The predicted molar refractivity (Wildman–Crippen MR) is 109 cm³/mol. The van der Waals surface area contributed by atoms with Gasteiger partial charge in [0.05, 0.1) is 21.7 Å². The van der Waals surface area contributed by atoms with Gasteiger partial charge in [0.25, 0.3) is 5.91 Å². The summed E-state index contributed by atoms with van der Waals surface area (Å²) in [5.41, 5.74) is 1.15. The lowest BCUT2D eigenvalue weighted by atomic mass is 10.2. The Kier molecular flexibility index (Phi) is 5.90. The van der Waals surface area contributed by atoms with E-state index in [9.17, 15) is 9.90 Å². The van der Waals surface area contributed by atoms with Crippen LogP contribution in [0.5, 0.6) is 11.5 Å². The first-order valence-corrected chi connectivity index (χ1v) is 9.65. The topological polar surface area (TPSA) is 70.9 Å². The lowest BCUT2D eigenvalue weighted by Gasteiger charge is -2.03. The number of hydrogen-bond acceptors (Lipinski definition) is 5. The van der Waals surface area contributed by atoms with Crippen LogP contribution in [-0.2, 0) is 4.79 Å². The van der Waals surface area contributed by atoms with E-state index in [1.54, 1.807) is 18.2 Å². The normalized spacial score (nSPS) is 17.0. The highest BCUT2D eigenvalue weighted by atomic mass is 79.9. The average molecular weight is 454 g/mol. The van der Waals surface area contributed by atoms with Crippen molar-refractivity contribution in [3.63, 3.8) is 0 Å². The molecule has 1 aliphatic rings. The molecule has 2 aromatic rings. The number of nitrogens with one attached hydrogen (secondary N) is 1. The molecule has 1 amide bonds. The van der Waals surface area contributed by atoms with Crippen molar-refractivity contribution in [1.82, 2.24) is 5.32 Å². The van der Waals surface area contributed by atoms with E-state index in [4.69, 9.17) is 16.3 Å². The highest BCUT2D eigenvalue weighted by molar-refractivity contribution is 9.10.